The summed E-state index contributed by atoms with van der Waals surface area (Å²) in [6.45, 7) is 6.23. The Bertz CT molecular complexity index is 532. The fourth-order valence-electron chi connectivity index (χ4n) is 2.06. The Hall–Kier alpha value is -1.18. The second kappa shape index (κ2) is 8.31. The number of hydrogen-bond donors (Lipinski definition) is 1. The molecule has 0 aliphatic carbocycles. The van der Waals surface area contributed by atoms with Crippen molar-refractivity contribution in [2.45, 2.75) is 25.3 Å². The number of anilines is 1. The zero-order valence-corrected chi connectivity index (χ0v) is 14.2. The minimum absolute atomic E-state index is 0.110. The SMILES string of the molecule is CCNc1cccnc1S(=O)(=O)N(CC)CCCN(C)C. The van der Waals surface area contributed by atoms with E-state index in [1.807, 2.05) is 32.8 Å². The van der Waals surface area contributed by atoms with E-state index in [0.29, 0.717) is 25.3 Å². The molecule has 1 N–H and O–H groups in total. The third-order valence-electron chi connectivity index (χ3n) is 3.09. The van der Waals surface area contributed by atoms with Crippen LogP contribution in [0.4, 0.5) is 5.69 Å². The standard InChI is InChI=1S/C14H26N4O2S/c1-5-15-13-9-7-10-16-14(13)21(19,20)18(6-2)12-8-11-17(3)4/h7,9-10,15H,5-6,8,11-12H2,1-4H3. The topological polar surface area (TPSA) is 65.5 Å². The van der Waals surface area contributed by atoms with E-state index in [4.69, 9.17) is 0 Å². The summed E-state index contributed by atoms with van der Waals surface area (Å²) in [5.41, 5.74) is 0.561. The molecule has 0 saturated carbocycles. The van der Waals surface area contributed by atoms with Crippen LogP contribution in [0.2, 0.25) is 0 Å². The first-order valence-electron chi connectivity index (χ1n) is 7.27. The molecule has 0 aromatic carbocycles. The monoisotopic (exact) mass is 314 g/mol. The van der Waals surface area contributed by atoms with Gasteiger partial charge in [0, 0.05) is 25.8 Å². The van der Waals surface area contributed by atoms with Gasteiger partial charge in [-0.3, -0.25) is 0 Å². The van der Waals surface area contributed by atoms with Crippen molar-refractivity contribution in [3.63, 3.8) is 0 Å². The average Bonchev–Trinajstić information content (AvgIpc) is 2.44. The summed E-state index contributed by atoms with van der Waals surface area (Å²) in [4.78, 5) is 6.13. The maximum atomic E-state index is 12.7. The average molecular weight is 314 g/mol. The minimum atomic E-state index is -3.56. The van der Waals surface area contributed by atoms with Crippen LogP contribution in [0.1, 0.15) is 20.3 Å². The number of aromatic nitrogens is 1. The molecule has 0 unspecified atom stereocenters. The van der Waals surface area contributed by atoms with Crippen molar-refractivity contribution in [3.8, 4) is 0 Å². The predicted octanol–water partition coefficient (Wildman–Crippen LogP) is 1.48. The summed E-state index contributed by atoms with van der Waals surface area (Å²) in [7, 11) is 0.397. The van der Waals surface area contributed by atoms with Crippen molar-refractivity contribution in [1.82, 2.24) is 14.2 Å². The van der Waals surface area contributed by atoms with Crippen LogP contribution in [0.3, 0.4) is 0 Å². The first-order valence-corrected chi connectivity index (χ1v) is 8.71. The van der Waals surface area contributed by atoms with Crippen LogP contribution in [0.15, 0.2) is 23.4 Å². The molecule has 0 spiro atoms. The van der Waals surface area contributed by atoms with Gasteiger partial charge in [-0.15, -0.1) is 0 Å². The molecule has 0 atom stereocenters. The first-order chi connectivity index (χ1) is 9.93. The number of hydrogen-bond acceptors (Lipinski definition) is 5. The lowest BCUT2D eigenvalue weighted by Crippen LogP contribution is -2.34. The highest BCUT2D eigenvalue weighted by Crippen LogP contribution is 2.22. The number of rotatable bonds is 9. The summed E-state index contributed by atoms with van der Waals surface area (Å²) in [6, 6.07) is 3.48. The fraction of sp³-hybridized carbons (Fsp3) is 0.643. The molecule has 7 heteroatoms. The van der Waals surface area contributed by atoms with E-state index >= 15 is 0 Å². The Balaban J connectivity index is 2.96. The largest absolute Gasteiger partial charge is 0.383 e. The summed E-state index contributed by atoms with van der Waals surface area (Å²) < 4.78 is 27.0. The lowest BCUT2D eigenvalue weighted by atomic mass is 10.4. The van der Waals surface area contributed by atoms with Gasteiger partial charge in [0.05, 0.1) is 5.69 Å². The molecule has 0 radical (unpaired) electrons. The van der Waals surface area contributed by atoms with Gasteiger partial charge < -0.3 is 10.2 Å². The highest BCUT2D eigenvalue weighted by Gasteiger charge is 2.26. The second-order valence-corrected chi connectivity index (χ2v) is 6.89. The van der Waals surface area contributed by atoms with Gasteiger partial charge in [0.15, 0.2) is 5.03 Å². The van der Waals surface area contributed by atoms with Crippen molar-refractivity contribution in [2.24, 2.45) is 0 Å². The number of sulfonamides is 1. The lowest BCUT2D eigenvalue weighted by molar-refractivity contribution is 0.355. The molecule has 1 aromatic rings. The molecule has 21 heavy (non-hydrogen) atoms. The molecule has 0 aliphatic rings. The molecular formula is C14H26N4O2S. The van der Waals surface area contributed by atoms with Crippen LogP contribution in [0.25, 0.3) is 0 Å². The lowest BCUT2D eigenvalue weighted by Gasteiger charge is -2.22. The van der Waals surface area contributed by atoms with E-state index in [-0.39, 0.29) is 5.03 Å². The van der Waals surface area contributed by atoms with E-state index in [0.717, 1.165) is 13.0 Å². The van der Waals surface area contributed by atoms with Gasteiger partial charge in [-0.2, -0.15) is 4.31 Å². The summed E-state index contributed by atoms with van der Waals surface area (Å²) in [5, 5.41) is 3.17. The smallest absolute Gasteiger partial charge is 0.262 e. The molecule has 1 rings (SSSR count). The fourth-order valence-corrected chi connectivity index (χ4v) is 3.62. The Kier molecular flexibility index (Phi) is 7.07. The number of pyridine rings is 1. The normalized spacial score (nSPS) is 12.1. The van der Waals surface area contributed by atoms with Gasteiger partial charge in [0.1, 0.15) is 0 Å². The van der Waals surface area contributed by atoms with Crippen LogP contribution in [-0.2, 0) is 10.0 Å². The van der Waals surface area contributed by atoms with Crippen LogP contribution < -0.4 is 5.32 Å². The molecule has 0 bridgehead atoms. The quantitative estimate of drug-likeness (QED) is 0.748. The summed E-state index contributed by atoms with van der Waals surface area (Å²) in [5.74, 6) is 0. The number of nitrogens with one attached hydrogen (secondary N) is 1. The third-order valence-corrected chi connectivity index (χ3v) is 5.02. The summed E-state index contributed by atoms with van der Waals surface area (Å²) in [6.07, 6.45) is 2.31. The Morgan fingerprint density at radius 1 is 1.24 bits per heavy atom. The molecular weight excluding hydrogens is 288 g/mol. The molecule has 6 nitrogen and oxygen atoms in total. The highest BCUT2D eigenvalue weighted by molar-refractivity contribution is 7.89. The van der Waals surface area contributed by atoms with Gasteiger partial charge in [0.25, 0.3) is 10.0 Å². The molecule has 0 fully saturated rings. The Morgan fingerprint density at radius 3 is 2.52 bits per heavy atom. The predicted molar refractivity (Wildman–Crippen MR) is 86.0 cm³/mol. The third kappa shape index (κ3) is 4.94. The molecule has 1 heterocycles. The summed E-state index contributed by atoms with van der Waals surface area (Å²) >= 11 is 0. The maximum absolute atomic E-state index is 12.7. The molecule has 0 saturated heterocycles. The zero-order chi connectivity index (χ0) is 15.9. The van der Waals surface area contributed by atoms with Gasteiger partial charge in [-0.1, -0.05) is 6.92 Å². The van der Waals surface area contributed by atoms with Crippen molar-refractivity contribution in [3.05, 3.63) is 18.3 Å². The highest BCUT2D eigenvalue weighted by atomic mass is 32.2. The molecule has 120 valence electrons. The minimum Gasteiger partial charge on any atom is -0.383 e. The zero-order valence-electron chi connectivity index (χ0n) is 13.3. The van der Waals surface area contributed by atoms with E-state index in [9.17, 15) is 8.42 Å². The van der Waals surface area contributed by atoms with Crippen LogP contribution in [0.5, 0.6) is 0 Å². The van der Waals surface area contributed by atoms with E-state index < -0.39 is 10.0 Å². The van der Waals surface area contributed by atoms with Crippen LogP contribution >= 0.6 is 0 Å². The number of nitrogens with zero attached hydrogens (tertiary/aromatic N) is 3. The van der Waals surface area contributed by atoms with Gasteiger partial charge >= 0.3 is 0 Å². The van der Waals surface area contributed by atoms with Crippen LogP contribution in [-0.4, -0.2) is 62.9 Å². The van der Waals surface area contributed by atoms with Gasteiger partial charge in [0.2, 0.25) is 0 Å². The van der Waals surface area contributed by atoms with E-state index in [1.165, 1.54) is 10.5 Å². The van der Waals surface area contributed by atoms with Gasteiger partial charge in [-0.05, 0) is 46.1 Å². The van der Waals surface area contributed by atoms with Crippen LogP contribution in [0, 0.1) is 0 Å². The second-order valence-electron chi connectivity index (χ2n) is 5.04. The van der Waals surface area contributed by atoms with Crippen molar-refractivity contribution < 1.29 is 8.42 Å². The first kappa shape index (κ1) is 17.9. The van der Waals surface area contributed by atoms with E-state index in [2.05, 4.69) is 10.3 Å². The van der Waals surface area contributed by atoms with Crippen molar-refractivity contribution in [2.75, 3.05) is 45.6 Å². The molecule has 0 aliphatic heterocycles. The Morgan fingerprint density at radius 2 is 1.95 bits per heavy atom. The molecule has 1 aromatic heterocycles. The molecule has 0 amide bonds. The van der Waals surface area contributed by atoms with E-state index in [1.54, 1.807) is 12.1 Å². The van der Waals surface area contributed by atoms with Crippen molar-refractivity contribution in [1.29, 1.82) is 0 Å². The maximum Gasteiger partial charge on any atom is 0.262 e. The van der Waals surface area contributed by atoms with Crippen molar-refractivity contribution >= 4 is 15.7 Å². The van der Waals surface area contributed by atoms with Gasteiger partial charge in [-0.25, -0.2) is 13.4 Å². The Labute approximate surface area is 128 Å².